The largest absolute Gasteiger partial charge is 0.299 e. The minimum absolute atomic E-state index is 0.0262. The van der Waals surface area contributed by atoms with E-state index in [1.54, 1.807) is 5.57 Å². The zero-order valence-corrected chi connectivity index (χ0v) is 15.3. The molecule has 0 aromatic heterocycles. The Morgan fingerprint density at radius 1 is 1.15 bits per heavy atom. The first-order valence-electron chi connectivity index (χ1n) is 10.5. The molecule has 0 aliphatic heterocycles. The Hall–Kier alpha value is -1.89. The van der Waals surface area contributed by atoms with E-state index in [9.17, 15) is 4.79 Å². The molecule has 5 unspecified atom stereocenters. The normalized spacial score (nSPS) is 40.9. The van der Waals surface area contributed by atoms with Crippen LogP contribution in [0.5, 0.6) is 0 Å². The average Bonchev–Trinajstić information content (AvgIpc) is 3.29. The monoisotopic (exact) mass is 340 g/mol. The number of rotatable bonds is 0. The summed E-state index contributed by atoms with van der Waals surface area (Å²) < 4.78 is 0. The minimum atomic E-state index is 0.0262. The molecule has 130 valence electrons. The second-order valence-electron chi connectivity index (χ2n) is 9.65. The topological polar surface area (TPSA) is 17.1 Å². The van der Waals surface area contributed by atoms with Crippen LogP contribution >= 0.6 is 0 Å². The van der Waals surface area contributed by atoms with Gasteiger partial charge in [0.05, 0.1) is 5.92 Å². The fraction of sp³-hybridized carbons (Fsp3) is 0.480. The average molecular weight is 340 g/mol. The molecule has 11 bridgehead atoms. The van der Waals surface area contributed by atoms with Crippen molar-refractivity contribution >= 4 is 17.9 Å². The highest BCUT2D eigenvalue weighted by Gasteiger charge is 2.58. The summed E-state index contributed by atoms with van der Waals surface area (Å²) >= 11 is 0. The SMILES string of the molecule is CC1CC2=C3C4CCC2(C4)C2=C4C=c5cccc(c5=CC4C(=O)CC2)C31. The van der Waals surface area contributed by atoms with Crippen LogP contribution in [-0.4, -0.2) is 5.78 Å². The predicted octanol–water partition coefficient (Wildman–Crippen LogP) is 3.77. The summed E-state index contributed by atoms with van der Waals surface area (Å²) in [4.78, 5) is 12.9. The molecule has 7 aliphatic carbocycles. The molecule has 1 saturated carbocycles. The highest BCUT2D eigenvalue weighted by molar-refractivity contribution is 5.95. The summed E-state index contributed by atoms with van der Waals surface area (Å²) in [5, 5.41) is 2.73. The van der Waals surface area contributed by atoms with Crippen molar-refractivity contribution in [3.63, 3.8) is 0 Å². The summed E-state index contributed by atoms with van der Waals surface area (Å²) in [7, 11) is 0. The van der Waals surface area contributed by atoms with Crippen molar-refractivity contribution < 1.29 is 4.79 Å². The molecular weight excluding hydrogens is 316 g/mol. The van der Waals surface area contributed by atoms with E-state index in [2.05, 4.69) is 37.3 Å². The molecule has 0 saturated heterocycles. The number of benzene rings is 1. The van der Waals surface area contributed by atoms with Crippen LogP contribution in [0.25, 0.3) is 12.2 Å². The van der Waals surface area contributed by atoms with Crippen molar-refractivity contribution in [2.45, 2.75) is 51.4 Å². The lowest BCUT2D eigenvalue weighted by atomic mass is 9.64. The Balaban J connectivity index is 1.70. The van der Waals surface area contributed by atoms with Gasteiger partial charge in [-0.3, -0.25) is 4.79 Å². The van der Waals surface area contributed by atoms with E-state index in [0.29, 0.717) is 23.0 Å². The van der Waals surface area contributed by atoms with Crippen LogP contribution in [0.2, 0.25) is 0 Å². The van der Waals surface area contributed by atoms with E-state index in [4.69, 9.17) is 0 Å². The first-order chi connectivity index (χ1) is 12.7. The Labute approximate surface area is 154 Å². The molecular formula is C25H24O. The number of Topliss-reactive ketones (excluding diaryl/α,β-unsaturated/α-hetero) is 1. The number of ketones is 1. The first-order valence-corrected chi connectivity index (χ1v) is 10.5. The lowest BCUT2D eigenvalue weighted by Gasteiger charge is -2.39. The number of allylic oxidation sites excluding steroid dienone is 4. The van der Waals surface area contributed by atoms with E-state index >= 15 is 0 Å². The molecule has 1 fully saturated rings. The Kier molecular flexibility index (Phi) is 2.36. The summed E-state index contributed by atoms with van der Waals surface area (Å²) in [6.45, 7) is 2.47. The molecule has 1 heteroatoms. The van der Waals surface area contributed by atoms with Gasteiger partial charge in [0.2, 0.25) is 0 Å². The highest BCUT2D eigenvalue weighted by atomic mass is 16.1. The number of fused-ring (bicyclic) bond motifs is 1. The first kappa shape index (κ1) is 14.2. The van der Waals surface area contributed by atoms with Gasteiger partial charge in [-0.05, 0) is 65.5 Å². The van der Waals surface area contributed by atoms with Crippen LogP contribution < -0.4 is 10.4 Å². The molecule has 26 heavy (non-hydrogen) atoms. The molecule has 1 aromatic carbocycles. The van der Waals surface area contributed by atoms with Crippen LogP contribution in [0, 0.1) is 23.2 Å². The van der Waals surface area contributed by atoms with Crippen molar-refractivity contribution in [2.75, 3.05) is 0 Å². The third kappa shape index (κ3) is 1.39. The zero-order chi connectivity index (χ0) is 17.2. The molecule has 8 rings (SSSR count). The van der Waals surface area contributed by atoms with Gasteiger partial charge in [0, 0.05) is 17.8 Å². The third-order valence-electron chi connectivity index (χ3n) is 8.69. The molecule has 1 spiro atoms. The maximum atomic E-state index is 12.9. The van der Waals surface area contributed by atoms with Crippen LogP contribution in [-0.2, 0) is 4.79 Å². The molecule has 5 atom stereocenters. The Bertz CT molecular complexity index is 1100. The van der Waals surface area contributed by atoms with Crippen molar-refractivity contribution in [2.24, 2.45) is 23.2 Å². The van der Waals surface area contributed by atoms with Gasteiger partial charge in [0.25, 0.3) is 0 Å². The van der Waals surface area contributed by atoms with Crippen molar-refractivity contribution in [1.82, 2.24) is 0 Å². The van der Waals surface area contributed by atoms with Crippen LogP contribution in [0.15, 0.2) is 40.5 Å². The summed E-state index contributed by atoms with van der Waals surface area (Å²) in [6.07, 6.45) is 11.9. The summed E-state index contributed by atoms with van der Waals surface area (Å²) in [6, 6.07) is 6.88. The molecule has 1 nitrogen and oxygen atoms in total. The van der Waals surface area contributed by atoms with E-state index in [1.165, 1.54) is 47.3 Å². The second kappa shape index (κ2) is 4.32. The molecule has 0 N–H and O–H groups in total. The van der Waals surface area contributed by atoms with Gasteiger partial charge >= 0.3 is 0 Å². The zero-order valence-electron chi connectivity index (χ0n) is 15.3. The number of carbonyl (C=O) groups excluding carboxylic acids is 1. The van der Waals surface area contributed by atoms with Crippen molar-refractivity contribution in [3.05, 3.63) is 56.5 Å². The van der Waals surface area contributed by atoms with Gasteiger partial charge in [-0.2, -0.15) is 0 Å². The summed E-state index contributed by atoms with van der Waals surface area (Å²) in [5.41, 5.74) is 8.53. The quantitative estimate of drug-likeness (QED) is 0.657. The smallest absolute Gasteiger partial charge is 0.144 e. The molecule has 1 aromatic rings. The minimum Gasteiger partial charge on any atom is -0.299 e. The van der Waals surface area contributed by atoms with Crippen LogP contribution in [0.4, 0.5) is 0 Å². The number of hydrogen-bond donors (Lipinski definition) is 0. The van der Waals surface area contributed by atoms with Crippen molar-refractivity contribution in [3.8, 4) is 0 Å². The highest BCUT2D eigenvalue weighted by Crippen LogP contribution is 2.70. The van der Waals surface area contributed by atoms with Gasteiger partial charge in [-0.1, -0.05) is 54.0 Å². The van der Waals surface area contributed by atoms with Crippen molar-refractivity contribution in [1.29, 1.82) is 0 Å². The van der Waals surface area contributed by atoms with Gasteiger partial charge in [-0.15, -0.1) is 0 Å². The maximum Gasteiger partial charge on any atom is 0.144 e. The van der Waals surface area contributed by atoms with Crippen LogP contribution in [0.1, 0.15) is 56.9 Å². The molecule has 0 amide bonds. The molecule has 7 aliphatic rings. The summed E-state index contributed by atoms with van der Waals surface area (Å²) in [5.74, 6) is 2.57. The van der Waals surface area contributed by atoms with Gasteiger partial charge < -0.3 is 0 Å². The molecule has 0 heterocycles. The predicted molar refractivity (Wildman–Crippen MR) is 103 cm³/mol. The fourth-order valence-electron chi connectivity index (χ4n) is 7.85. The van der Waals surface area contributed by atoms with Crippen LogP contribution in [0.3, 0.4) is 0 Å². The van der Waals surface area contributed by atoms with E-state index in [0.717, 1.165) is 18.8 Å². The van der Waals surface area contributed by atoms with Gasteiger partial charge in [0.15, 0.2) is 0 Å². The lowest BCUT2D eigenvalue weighted by molar-refractivity contribution is -0.120. The van der Waals surface area contributed by atoms with E-state index in [-0.39, 0.29) is 5.92 Å². The standard InChI is InChI=1S/C25H24O/c1-13-9-21-24-15-7-8-25(21,12-15)20-5-6-22(26)19-11-17-14(10-18(19)20)3-2-4-16(17)23(13)24/h2-4,10-11,13,15,19,23H,5-9,12H2,1H3. The number of carbonyl (C=O) groups is 1. The Morgan fingerprint density at radius 2 is 2.08 bits per heavy atom. The fourth-order valence-corrected chi connectivity index (χ4v) is 7.85. The third-order valence-corrected chi connectivity index (χ3v) is 8.69. The lowest BCUT2D eigenvalue weighted by Crippen LogP contribution is -2.39. The second-order valence-corrected chi connectivity index (χ2v) is 9.65. The number of hydrogen-bond acceptors (Lipinski definition) is 1. The van der Waals surface area contributed by atoms with Gasteiger partial charge in [0.1, 0.15) is 5.78 Å². The van der Waals surface area contributed by atoms with Gasteiger partial charge in [-0.25, -0.2) is 0 Å². The van der Waals surface area contributed by atoms with E-state index < -0.39 is 0 Å². The molecule has 0 radical (unpaired) electrons. The maximum absolute atomic E-state index is 12.9. The van der Waals surface area contributed by atoms with E-state index in [1.807, 2.05) is 11.1 Å². The Morgan fingerprint density at radius 3 is 3.00 bits per heavy atom.